The van der Waals surface area contributed by atoms with Gasteiger partial charge >= 0.3 is 0 Å². The molecule has 2 aromatic rings. The summed E-state index contributed by atoms with van der Waals surface area (Å²) in [6.07, 6.45) is 9.80. The van der Waals surface area contributed by atoms with Gasteiger partial charge in [0, 0.05) is 6.54 Å². The molecule has 4 bridgehead atoms. The Morgan fingerprint density at radius 2 is 1.63 bits per heavy atom. The Balaban J connectivity index is 1.10. The van der Waals surface area contributed by atoms with E-state index in [4.69, 9.17) is 4.74 Å². The van der Waals surface area contributed by atoms with Crippen LogP contribution < -0.4 is 10.1 Å². The average molecular weight is 364 g/mol. The summed E-state index contributed by atoms with van der Waals surface area (Å²) in [5.41, 5.74) is 0.529. The van der Waals surface area contributed by atoms with Crippen LogP contribution in [0.25, 0.3) is 10.8 Å². The maximum Gasteiger partial charge on any atom is 0.257 e. The van der Waals surface area contributed by atoms with Gasteiger partial charge in [0.1, 0.15) is 5.75 Å². The Morgan fingerprint density at radius 1 is 0.963 bits per heavy atom. The van der Waals surface area contributed by atoms with E-state index in [0.29, 0.717) is 5.41 Å². The summed E-state index contributed by atoms with van der Waals surface area (Å²) in [7, 11) is 0. The van der Waals surface area contributed by atoms with Crippen molar-refractivity contribution in [1.82, 2.24) is 5.32 Å². The van der Waals surface area contributed by atoms with Crippen molar-refractivity contribution < 1.29 is 9.53 Å². The Labute approximate surface area is 161 Å². The van der Waals surface area contributed by atoms with Gasteiger partial charge in [-0.15, -0.1) is 0 Å². The van der Waals surface area contributed by atoms with Gasteiger partial charge in [0.05, 0.1) is 0 Å². The molecule has 0 saturated heterocycles. The Morgan fingerprint density at radius 3 is 2.33 bits per heavy atom. The highest BCUT2D eigenvalue weighted by atomic mass is 16.5. The van der Waals surface area contributed by atoms with Crippen LogP contribution in [0.5, 0.6) is 5.75 Å². The van der Waals surface area contributed by atoms with Gasteiger partial charge in [0.25, 0.3) is 5.91 Å². The minimum absolute atomic E-state index is 0.00659. The molecule has 0 radical (unpaired) electrons. The maximum absolute atomic E-state index is 12.2. The minimum atomic E-state index is -0.00659. The van der Waals surface area contributed by atoms with E-state index in [9.17, 15) is 4.79 Å². The van der Waals surface area contributed by atoms with Crippen molar-refractivity contribution in [3.8, 4) is 5.75 Å². The third kappa shape index (κ3) is 3.56. The zero-order valence-electron chi connectivity index (χ0n) is 16.0. The number of nitrogens with one attached hydrogen (secondary N) is 1. The van der Waals surface area contributed by atoms with E-state index in [1.807, 2.05) is 30.3 Å². The van der Waals surface area contributed by atoms with Gasteiger partial charge in [0.15, 0.2) is 6.61 Å². The first-order valence-corrected chi connectivity index (χ1v) is 10.6. The topological polar surface area (TPSA) is 38.3 Å². The van der Waals surface area contributed by atoms with E-state index in [1.54, 1.807) is 0 Å². The van der Waals surface area contributed by atoms with Gasteiger partial charge in [0.2, 0.25) is 0 Å². The predicted octanol–water partition coefficient (Wildman–Crippen LogP) is 4.94. The second-order valence-corrected chi connectivity index (χ2v) is 9.32. The van der Waals surface area contributed by atoms with Gasteiger partial charge < -0.3 is 10.1 Å². The molecule has 27 heavy (non-hydrogen) atoms. The lowest BCUT2D eigenvalue weighted by molar-refractivity contribution is -0.123. The van der Waals surface area contributed by atoms with Crippen molar-refractivity contribution >= 4 is 16.7 Å². The number of fused-ring (bicyclic) bond motifs is 1. The number of carbonyl (C=O) groups excluding carboxylic acids is 1. The normalized spacial score (nSPS) is 31.2. The van der Waals surface area contributed by atoms with Crippen molar-refractivity contribution in [3.63, 3.8) is 0 Å². The molecule has 0 spiro atoms. The molecule has 3 nitrogen and oxygen atoms in total. The molecule has 4 saturated carbocycles. The molecule has 1 N–H and O–H groups in total. The highest BCUT2D eigenvalue weighted by Crippen LogP contribution is 2.61. The van der Waals surface area contributed by atoms with Crippen LogP contribution in [-0.4, -0.2) is 19.1 Å². The molecule has 0 aromatic heterocycles. The van der Waals surface area contributed by atoms with Crippen LogP contribution >= 0.6 is 0 Å². The molecular formula is C24H29NO2. The number of carbonyl (C=O) groups is 1. The lowest BCUT2D eigenvalue weighted by Gasteiger charge is -2.57. The highest BCUT2D eigenvalue weighted by molar-refractivity contribution is 5.84. The van der Waals surface area contributed by atoms with E-state index in [2.05, 4.69) is 17.4 Å². The summed E-state index contributed by atoms with van der Waals surface area (Å²) in [5, 5.41) is 5.42. The Kier molecular flexibility index (Phi) is 4.34. The Hall–Kier alpha value is -2.03. The molecule has 3 heteroatoms. The van der Waals surface area contributed by atoms with Crippen LogP contribution in [0.1, 0.15) is 44.9 Å². The molecule has 4 aliphatic carbocycles. The lowest BCUT2D eigenvalue weighted by atomic mass is 9.49. The first kappa shape index (κ1) is 17.1. The standard InChI is InChI=1S/C24H29NO2/c26-23(16-27-22-6-5-20-3-1-2-4-21(20)12-22)25-8-7-24-13-17-9-18(14-24)11-19(10-17)15-24/h1-6,12,17-19H,7-11,13-16H2,(H,25,26). The molecule has 0 unspecified atom stereocenters. The number of ether oxygens (including phenoxy) is 1. The smallest absolute Gasteiger partial charge is 0.257 e. The van der Waals surface area contributed by atoms with Gasteiger partial charge in [-0.25, -0.2) is 0 Å². The van der Waals surface area contributed by atoms with E-state index < -0.39 is 0 Å². The fraction of sp³-hybridized carbons (Fsp3) is 0.542. The average Bonchev–Trinajstić information content (AvgIpc) is 2.65. The SMILES string of the molecule is O=C(COc1ccc2ccccc2c1)NCCC12CC3CC(CC(C3)C1)C2. The largest absolute Gasteiger partial charge is 0.484 e. The number of hydrogen-bond donors (Lipinski definition) is 1. The lowest BCUT2D eigenvalue weighted by Crippen LogP contribution is -2.47. The summed E-state index contributed by atoms with van der Waals surface area (Å²) in [5.74, 6) is 3.67. The van der Waals surface area contributed by atoms with Crippen LogP contribution in [0.3, 0.4) is 0 Å². The van der Waals surface area contributed by atoms with Crippen LogP contribution in [0.2, 0.25) is 0 Å². The third-order valence-corrected chi connectivity index (χ3v) is 7.23. The van der Waals surface area contributed by atoms with Gasteiger partial charge in [-0.3, -0.25) is 4.79 Å². The monoisotopic (exact) mass is 363 g/mol. The molecule has 6 rings (SSSR count). The zero-order valence-corrected chi connectivity index (χ0v) is 16.0. The molecule has 0 atom stereocenters. The van der Waals surface area contributed by atoms with Gasteiger partial charge in [-0.1, -0.05) is 30.3 Å². The summed E-state index contributed by atoms with van der Waals surface area (Å²) >= 11 is 0. The van der Waals surface area contributed by atoms with Gasteiger partial charge in [-0.05, 0) is 91.0 Å². The maximum atomic E-state index is 12.2. The molecule has 1 amide bonds. The number of hydrogen-bond acceptors (Lipinski definition) is 2. The fourth-order valence-electron chi connectivity index (χ4n) is 6.52. The molecule has 4 aliphatic rings. The van der Waals surface area contributed by atoms with Crippen molar-refractivity contribution in [2.45, 2.75) is 44.9 Å². The van der Waals surface area contributed by atoms with Crippen molar-refractivity contribution in [2.75, 3.05) is 13.2 Å². The number of rotatable bonds is 6. The quantitative estimate of drug-likeness (QED) is 0.789. The third-order valence-electron chi connectivity index (χ3n) is 7.23. The summed E-state index contributed by atoms with van der Waals surface area (Å²) < 4.78 is 5.71. The molecule has 0 aliphatic heterocycles. The van der Waals surface area contributed by atoms with E-state index in [-0.39, 0.29) is 12.5 Å². The zero-order chi connectivity index (χ0) is 18.3. The summed E-state index contributed by atoms with van der Waals surface area (Å²) in [6, 6.07) is 14.2. The molecule has 2 aromatic carbocycles. The second kappa shape index (κ2) is 6.85. The van der Waals surface area contributed by atoms with E-state index >= 15 is 0 Å². The van der Waals surface area contributed by atoms with Crippen molar-refractivity contribution in [1.29, 1.82) is 0 Å². The Bertz CT molecular complexity index is 808. The fourth-order valence-corrected chi connectivity index (χ4v) is 6.52. The molecule has 142 valence electrons. The molecule has 4 fully saturated rings. The van der Waals surface area contributed by atoms with Crippen LogP contribution in [0, 0.1) is 23.2 Å². The molecular weight excluding hydrogens is 334 g/mol. The number of amides is 1. The van der Waals surface area contributed by atoms with Crippen molar-refractivity contribution in [2.24, 2.45) is 23.2 Å². The van der Waals surface area contributed by atoms with Gasteiger partial charge in [-0.2, -0.15) is 0 Å². The van der Waals surface area contributed by atoms with Crippen LogP contribution in [-0.2, 0) is 4.79 Å². The summed E-state index contributed by atoms with van der Waals surface area (Å²) in [4.78, 5) is 12.2. The van der Waals surface area contributed by atoms with Crippen molar-refractivity contribution in [3.05, 3.63) is 42.5 Å². The van der Waals surface area contributed by atoms with E-state index in [1.165, 1.54) is 43.9 Å². The minimum Gasteiger partial charge on any atom is -0.484 e. The van der Waals surface area contributed by atoms with Crippen LogP contribution in [0.4, 0.5) is 0 Å². The van der Waals surface area contributed by atoms with Crippen LogP contribution in [0.15, 0.2) is 42.5 Å². The summed E-state index contributed by atoms with van der Waals surface area (Å²) in [6.45, 7) is 0.894. The molecule has 0 heterocycles. The predicted molar refractivity (Wildman–Crippen MR) is 108 cm³/mol. The first-order valence-electron chi connectivity index (χ1n) is 10.6. The second-order valence-electron chi connectivity index (χ2n) is 9.32. The highest BCUT2D eigenvalue weighted by Gasteiger charge is 2.50. The van der Waals surface area contributed by atoms with E-state index in [0.717, 1.165) is 41.9 Å². The number of benzene rings is 2. The first-order chi connectivity index (χ1) is 13.2.